The highest BCUT2D eigenvalue weighted by Gasteiger charge is 2.47. The Morgan fingerprint density at radius 1 is 1.17 bits per heavy atom. The summed E-state index contributed by atoms with van der Waals surface area (Å²) < 4.78 is 29.8. The number of carbonyl (C=O) groups excluding carboxylic acids is 2. The fourth-order valence-corrected chi connectivity index (χ4v) is 4.29. The van der Waals surface area contributed by atoms with Gasteiger partial charge in [-0.25, -0.2) is 13.5 Å². The second-order valence-corrected chi connectivity index (χ2v) is 8.29. The molecule has 0 radical (unpaired) electrons. The maximum atomic E-state index is 14.2. The quantitative estimate of drug-likeness (QED) is 0.767. The lowest BCUT2D eigenvalue weighted by Crippen LogP contribution is -2.39. The lowest BCUT2D eigenvalue weighted by atomic mass is 10.0. The van der Waals surface area contributed by atoms with E-state index in [9.17, 15) is 18.4 Å². The van der Waals surface area contributed by atoms with E-state index in [0.717, 1.165) is 24.0 Å². The van der Waals surface area contributed by atoms with Crippen LogP contribution >= 0.6 is 0 Å². The van der Waals surface area contributed by atoms with Crippen molar-refractivity contribution in [3.63, 3.8) is 0 Å². The molecule has 9 heteroatoms. The van der Waals surface area contributed by atoms with Crippen LogP contribution in [0.5, 0.6) is 0 Å². The van der Waals surface area contributed by atoms with Crippen LogP contribution in [-0.4, -0.2) is 68.2 Å². The van der Waals surface area contributed by atoms with E-state index < -0.39 is 30.8 Å². The van der Waals surface area contributed by atoms with Gasteiger partial charge in [0.15, 0.2) is 5.69 Å². The number of hydrogen-bond acceptors (Lipinski definition) is 4. The molecule has 0 unspecified atom stereocenters. The van der Waals surface area contributed by atoms with Gasteiger partial charge in [0.1, 0.15) is 0 Å². The molecule has 2 saturated heterocycles. The highest BCUT2D eigenvalue weighted by molar-refractivity contribution is 5.96. The molecule has 2 aliphatic rings. The van der Waals surface area contributed by atoms with Crippen molar-refractivity contribution in [2.24, 2.45) is 0 Å². The Kier molecular flexibility index (Phi) is 5.29. The molecule has 7 nitrogen and oxygen atoms in total. The van der Waals surface area contributed by atoms with Crippen LogP contribution in [0.2, 0.25) is 0 Å². The molecular weight excluding hydrogens is 392 g/mol. The highest BCUT2D eigenvalue weighted by Crippen LogP contribution is 2.34. The average molecular weight is 417 g/mol. The second kappa shape index (κ2) is 7.77. The van der Waals surface area contributed by atoms with Crippen molar-refractivity contribution in [1.29, 1.82) is 0 Å². The molecule has 0 N–H and O–H groups in total. The first kappa shape index (κ1) is 20.4. The molecule has 160 valence electrons. The molecule has 4 rings (SSSR count). The fraction of sp³-hybridized carbons (Fsp3) is 0.524. The monoisotopic (exact) mass is 417 g/mol. The van der Waals surface area contributed by atoms with E-state index in [1.54, 1.807) is 24.0 Å². The summed E-state index contributed by atoms with van der Waals surface area (Å²) in [6, 6.07) is 4.62. The van der Waals surface area contributed by atoms with Crippen LogP contribution in [-0.2, 0) is 6.54 Å². The third kappa shape index (κ3) is 4.06. The van der Waals surface area contributed by atoms with Gasteiger partial charge in [-0.1, -0.05) is 22.9 Å². The Morgan fingerprint density at radius 2 is 1.90 bits per heavy atom. The van der Waals surface area contributed by atoms with Crippen molar-refractivity contribution in [1.82, 2.24) is 24.8 Å². The number of halogens is 2. The summed E-state index contributed by atoms with van der Waals surface area (Å²) in [5.41, 5.74) is 2.39. The average Bonchev–Trinajstić information content (AvgIpc) is 3.41. The molecule has 1 aromatic heterocycles. The number of hydrogen-bond donors (Lipinski definition) is 0. The third-order valence-electron chi connectivity index (χ3n) is 5.80. The minimum Gasteiger partial charge on any atom is -0.337 e. The van der Waals surface area contributed by atoms with Crippen molar-refractivity contribution in [3.05, 3.63) is 46.8 Å². The van der Waals surface area contributed by atoms with Crippen LogP contribution in [0.15, 0.2) is 24.4 Å². The predicted octanol–water partition coefficient (Wildman–Crippen LogP) is 2.68. The van der Waals surface area contributed by atoms with Crippen molar-refractivity contribution in [2.45, 2.75) is 51.6 Å². The number of nitrogens with zero attached hydrogens (tertiary/aromatic N) is 5. The van der Waals surface area contributed by atoms with Gasteiger partial charge in [-0.15, -0.1) is 5.10 Å². The standard InChI is InChI=1S/C21H25F2N5O2/c1-14-5-6-17(15(2)9-14)19(29)28-13-21(22,23)10-16(28)11-27-12-18(24-25-27)20(30)26-7-3-4-8-26/h5-6,9,12,16H,3-4,7-8,10-11,13H2,1-2H3/t16-/m0/s1. The Bertz CT molecular complexity index is 968. The molecule has 0 saturated carbocycles. The van der Waals surface area contributed by atoms with Gasteiger partial charge >= 0.3 is 0 Å². The number of aryl methyl sites for hydroxylation is 2. The molecule has 0 aliphatic carbocycles. The zero-order chi connectivity index (χ0) is 21.5. The maximum Gasteiger partial charge on any atom is 0.276 e. The Labute approximate surface area is 173 Å². The first-order valence-electron chi connectivity index (χ1n) is 10.2. The number of benzene rings is 1. The van der Waals surface area contributed by atoms with Gasteiger partial charge < -0.3 is 9.80 Å². The van der Waals surface area contributed by atoms with Crippen LogP contribution in [0.3, 0.4) is 0 Å². The van der Waals surface area contributed by atoms with Crippen LogP contribution in [0.4, 0.5) is 8.78 Å². The SMILES string of the molecule is Cc1ccc(C(=O)N2CC(F)(F)C[C@H]2Cn2cc(C(=O)N3CCCC3)nn2)c(C)c1. The smallest absolute Gasteiger partial charge is 0.276 e. The van der Waals surface area contributed by atoms with E-state index in [0.29, 0.717) is 18.7 Å². The summed E-state index contributed by atoms with van der Waals surface area (Å²) in [7, 11) is 0. The van der Waals surface area contributed by atoms with Gasteiger partial charge in [-0.2, -0.15) is 0 Å². The van der Waals surface area contributed by atoms with Crippen molar-refractivity contribution < 1.29 is 18.4 Å². The Balaban J connectivity index is 1.52. The van der Waals surface area contributed by atoms with E-state index in [-0.39, 0.29) is 18.1 Å². The number of amides is 2. The highest BCUT2D eigenvalue weighted by atomic mass is 19.3. The molecule has 1 atom stereocenters. The van der Waals surface area contributed by atoms with E-state index in [2.05, 4.69) is 10.3 Å². The number of likely N-dealkylation sites (tertiary alicyclic amines) is 2. The Morgan fingerprint density at radius 3 is 2.60 bits per heavy atom. The molecule has 0 bridgehead atoms. The first-order valence-corrected chi connectivity index (χ1v) is 10.2. The molecule has 0 spiro atoms. The zero-order valence-corrected chi connectivity index (χ0v) is 17.1. The van der Waals surface area contributed by atoms with Crippen LogP contribution in [0, 0.1) is 13.8 Å². The van der Waals surface area contributed by atoms with Crippen molar-refractivity contribution in [3.8, 4) is 0 Å². The van der Waals surface area contributed by atoms with Crippen molar-refractivity contribution >= 4 is 11.8 Å². The maximum absolute atomic E-state index is 14.2. The first-order chi connectivity index (χ1) is 14.2. The third-order valence-corrected chi connectivity index (χ3v) is 5.80. The molecule has 30 heavy (non-hydrogen) atoms. The minimum absolute atomic E-state index is 0.0620. The summed E-state index contributed by atoms with van der Waals surface area (Å²) in [5, 5.41) is 7.87. The fourth-order valence-electron chi connectivity index (χ4n) is 4.29. The van der Waals surface area contributed by atoms with Crippen LogP contribution < -0.4 is 0 Å². The summed E-state index contributed by atoms with van der Waals surface area (Å²) in [5.74, 6) is -3.57. The molecule has 2 fully saturated rings. The number of carbonyl (C=O) groups is 2. The van der Waals surface area contributed by atoms with Gasteiger partial charge in [0.25, 0.3) is 17.7 Å². The summed E-state index contributed by atoms with van der Waals surface area (Å²) in [6.45, 7) is 4.54. The Hall–Kier alpha value is -2.84. The molecule has 1 aromatic carbocycles. The second-order valence-electron chi connectivity index (χ2n) is 8.29. The largest absolute Gasteiger partial charge is 0.337 e. The van der Waals surface area contributed by atoms with Gasteiger partial charge in [0, 0.05) is 25.1 Å². The minimum atomic E-state index is -2.96. The molecular formula is C21H25F2N5O2. The predicted molar refractivity (Wildman–Crippen MR) is 105 cm³/mol. The normalized spacial score (nSPS) is 20.7. The summed E-state index contributed by atoms with van der Waals surface area (Å²) >= 11 is 0. The van der Waals surface area contributed by atoms with Gasteiger partial charge in [0.2, 0.25) is 0 Å². The lowest BCUT2D eigenvalue weighted by molar-refractivity contribution is 0.0117. The summed E-state index contributed by atoms with van der Waals surface area (Å²) in [6.07, 6.45) is 2.97. The van der Waals surface area contributed by atoms with Gasteiger partial charge in [0.05, 0.1) is 25.3 Å². The lowest BCUT2D eigenvalue weighted by Gasteiger charge is -2.24. The molecule has 2 amide bonds. The number of alkyl halides is 2. The van der Waals surface area contributed by atoms with E-state index >= 15 is 0 Å². The topological polar surface area (TPSA) is 71.3 Å². The molecule has 2 aromatic rings. The van der Waals surface area contributed by atoms with E-state index in [1.807, 2.05) is 13.0 Å². The zero-order valence-electron chi connectivity index (χ0n) is 17.1. The van der Waals surface area contributed by atoms with Crippen molar-refractivity contribution in [2.75, 3.05) is 19.6 Å². The number of rotatable bonds is 4. The van der Waals surface area contributed by atoms with Crippen LogP contribution in [0.25, 0.3) is 0 Å². The van der Waals surface area contributed by atoms with Crippen LogP contribution in [0.1, 0.15) is 51.2 Å². The van der Waals surface area contributed by atoms with E-state index in [4.69, 9.17) is 0 Å². The van der Waals surface area contributed by atoms with Gasteiger partial charge in [-0.3, -0.25) is 9.59 Å². The van der Waals surface area contributed by atoms with E-state index in [1.165, 1.54) is 15.8 Å². The summed E-state index contributed by atoms with van der Waals surface area (Å²) in [4.78, 5) is 28.4. The van der Waals surface area contributed by atoms with Gasteiger partial charge in [-0.05, 0) is 38.3 Å². The molecule has 3 heterocycles. The number of aromatic nitrogens is 3. The molecule has 2 aliphatic heterocycles.